The molecule has 0 bridgehead atoms. The van der Waals surface area contributed by atoms with Crippen molar-refractivity contribution in [3.05, 3.63) is 115 Å². The molecule has 0 saturated carbocycles. The summed E-state index contributed by atoms with van der Waals surface area (Å²) in [5, 5.41) is 0. The fourth-order valence-electron chi connectivity index (χ4n) is 4.67. The van der Waals surface area contributed by atoms with E-state index in [0.29, 0.717) is 0 Å². The average molecular weight is 636 g/mol. The van der Waals surface area contributed by atoms with Gasteiger partial charge >= 0.3 is 20.1 Å². The van der Waals surface area contributed by atoms with Gasteiger partial charge < -0.3 is 14.1 Å². The Morgan fingerprint density at radius 3 is 2.26 bits per heavy atom. The minimum absolute atomic E-state index is 0. The quantitative estimate of drug-likeness (QED) is 0.153. The monoisotopic (exact) mass is 636 g/mol. The van der Waals surface area contributed by atoms with E-state index in [-0.39, 0.29) is 31.1 Å². The van der Waals surface area contributed by atoms with Crippen LogP contribution in [0.2, 0.25) is 0 Å². The summed E-state index contributed by atoms with van der Waals surface area (Å²) in [6.45, 7) is 11.3. The van der Waals surface area contributed by atoms with Gasteiger partial charge in [-0.2, -0.15) is 24.3 Å². The van der Waals surface area contributed by atoms with Crippen molar-refractivity contribution in [2.45, 2.75) is 45.6 Å². The van der Waals surface area contributed by atoms with Crippen molar-refractivity contribution in [1.82, 2.24) is 9.55 Å². The van der Waals surface area contributed by atoms with Gasteiger partial charge in [-0.15, -0.1) is 41.5 Å². The maximum Gasteiger partial charge on any atom is 3.00 e. The number of imidazole rings is 1. The van der Waals surface area contributed by atoms with Crippen molar-refractivity contribution in [3.8, 4) is 16.9 Å². The zero-order valence-electron chi connectivity index (χ0n) is 20.8. The first kappa shape index (κ1) is 25.0. The number of hydrogen-bond acceptors (Lipinski definition) is 1. The molecule has 6 rings (SSSR count). The van der Waals surface area contributed by atoms with E-state index in [9.17, 15) is 0 Å². The summed E-state index contributed by atoms with van der Waals surface area (Å²) in [6.07, 6.45) is 5.36. The number of hydrogen-bond donors (Lipinski definition) is 0. The predicted molar refractivity (Wildman–Crippen MR) is 137 cm³/mol. The summed E-state index contributed by atoms with van der Waals surface area (Å²) in [5.41, 5.74) is 8.27. The van der Waals surface area contributed by atoms with Crippen LogP contribution in [0.4, 0.5) is 0 Å². The van der Waals surface area contributed by atoms with Crippen LogP contribution in [0, 0.1) is 18.5 Å². The molecule has 35 heavy (non-hydrogen) atoms. The van der Waals surface area contributed by atoms with E-state index in [4.69, 9.17) is 0 Å². The van der Waals surface area contributed by atoms with Gasteiger partial charge in [0.1, 0.15) is 0 Å². The van der Waals surface area contributed by atoms with Crippen molar-refractivity contribution < 1.29 is 24.7 Å². The van der Waals surface area contributed by atoms with Crippen LogP contribution in [-0.2, 0) is 31.1 Å². The van der Waals surface area contributed by atoms with Crippen molar-refractivity contribution in [3.63, 3.8) is 0 Å². The molecule has 0 unspecified atom stereocenters. The van der Waals surface area contributed by atoms with Crippen LogP contribution in [0.1, 0.15) is 45.7 Å². The van der Waals surface area contributed by atoms with E-state index in [0.717, 1.165) is 16.9 Å². The third kappa shape index (κ3) is 4.49. The summed E-state index contributed by atoms with van der Waals surface area (Å²) in [6, 6.07) is 33.1. The summed E-state index contributed by atoms with van der Waals surface area (Å²) in [5.74, 6) is 0. The predicted octanol–water partition coefficient (Wildman–Crippen LogP) is 6.46. The van der Waals surface area contributed by atoms with Crippen molar-refractivity contribution in [2.24, 2.45) is 0 Å². The summed E-state index contributed by atoms with van der Waals surface area (Å²) in [4.78, 5) is 4.22. The molecule has 2 aromatic heterocycles. The number of fused-ring (bicyclic) bond motifs is 2. The Bertz CT molecular complexity index is 1410. The Kier molecular flexibility index (Phi) is 6.81. The second-order valence-electron chi connectivity index (χ2n) is 10.2. The van der Waals surface area contributed by atoms with Crippen LogP contribution in [-0.4, -0.2) is 9.55 Å². The van der Waals surface area contributed by atoms with Gasteiger partial charge in [0.05, 0.1) is 16.6 Å². The average Bonchev–Trinajstić information content (AvgIpc) is 3.26. The second kappa shape index (κ2) is 9.53. The topological polar surface area (TPSA) is 21.7 Å². The first-order valence-corrected chi connectivity index (χ1v) is 11.7. The van der Waals surface area contributed by atoms with Gasteiger partial charge in [-0.05, 0) is 37.9 Å². The molecule has 3 aromatic carbocycles. The van der Waals surface area contributed by atoms with Crippen LogP contribution >= 0.6 is 0 Å². The van der Waals surface area contributed by atoms with Crippen LogP contribution in [0.3, 0.4) is 0 Å². The molecule has 5 aromatic rings. The fraction of sp³-hybridized carbons (Fsp3) is 0.226. The maximum absolute atomic E-state index is 4.22. The summed E-state index contributed by atoms with van der Waals surface area (Å²) >= 11 is 0. The Morgan fingerprint density at radius 2 is 1.57 bits per heavy atom. The molecule has 1 aliphatic rings. The second-order valence-corrected chi connectivity index (χ2v) is 10.2. The maximum atomic E-state index is 4.22. The Hall–Kier alpha value is -3.07. The molecular weight excluding hydrogens is 607 g/mol. The number of aromatic nitrogens is 3. The van der Waals surface area contributed by atoms with Gasteiger partial charge in [0, 0.05) is 6.20 Å². The van der Waals surface area contributed by atoms with Gasteiger partial charge in [0.25, 0.3) is 0 Å². The van der Waals surface area contributed by atoms with Crippen molar-refractivity contribution >= 4 is 11.0 Å². The minimum atomic E-state index is -0.0233. The molecule has 1 aliphatic heterocycles. The fourth-order valence-corrected chi connectivity index (χ4v) is 4.67. The Morgan fingerprint density at radius 1 is 0.829 bits per heavy atom. The molecule has 3 nitrogen and oxygen atoms in total. The van der Waals surface area contributed by atoms with Crippen LogP contribution in [0.5, 0.6) is 0 Å². The molecule has 176 valence electrons. The summed E-state index contributed by atoms with van der Waals surface area (Å²) < 4.78 is 4.44. The number of pyridine rings is 1. The van der Waals surface area contributed by atoms with Crippen LogP contribution < -0.4 is 4.57 Å². The minimum Gasteiger partial charge on any atom is -0.341 e. The molecule has 3 heterocycles. The SMILES string of the molecule is CC1(C)c2ccc[c-]c2-[n+]2[c-]n(C(C)(C)C)c3cccc1c32.[Ir+3].[c-]1ccccc1-c1ccccn1. The third-order valence-corrected chi connectivity index (χ3v) is 6.40. The molecule has 0 radical (unpaired) electrons. The van der Waals surface area contributed by atoms with Gasteiger partial charge in [-0.25, -0.2) is 0 Å². The molecule has 0 fully saturated rings. The van der Waals surface area contributed by atoms with E-state index in [1.54, 1.807) is 6.20 Å². The third-order valence-electron chi connectivity index (χ3n) is 6.40. The standard InChI is InChI=1S/C20H21N2.C11H8N.Ir/c1-19(2,3)22-13-21-16-11-7-6-9-14(16)20(4,5)15-10-8-12-17(22)18(15)21;1-2-6-10(7-3-1)11-8-4-5-9-12-11;/h6-10,12H,1-5H3;1-6,8-9H;/q2*-1;+3. The first-order valence-electron chi connectivity index (χ1n) is 11.7. The van der Waals surface area contributed by atoms with Gasteiger partial charge in [0.2, 0.25) is 6.33 Å². The van der Waals surface area contributed by atoms with Gasteiger partial charge in [-0.3, -0.25) is 0 Å². The molecule has 4 heteroatoms. The van der Waals surface area contributed by atoms with Crippen LogP contribution in [0.25, 0.3) is 28.0 Å². The van der Waals surface area contributed by atoms with E-state index in [1.165, 1.54) is 22.2 Å². The Balaban J connectivity index is 0.000000189. The molecule has 0 saturated heterocycles. The number of nitrogens with zero attached hydrogens (tertiary/aromatic N) is 3. The Labute approximate surface area is 221 Å². The number of benzene rings is 3. The number of para-hydroxylation sites is 2. The molecule has 0 amide bonds. The number of rotatable bonds is 1. The largest absolute Gasteiger partial charge is 3.00 e. The zero-order valence-corrected chi connectivity index (χ0v) is 23.2. The van der Waals surface area contributed by atoms with E-state index >= 15 is 0 Å². The normalized spacial score (nSPS) is 13.3. The van der Waals surface area contributed by atoms with E-state index in [1.807, 2.05) is 48.5 Å². The molecule has 0 aliphatic carbocycles. The first-order chi connectivity index (χ1) is 16.3. The van der Waals surface area contributed by atoms with E-state index < -0.39 is 0 Å². The molecule has 0 atom stereocenters. The molecule has 0 N–H and O–H groups in total. The summed E-state index contributed by atoms with van der Waals surface area (Å²) in [7, 11) is 0. The van der Waals surface area contributed by atoms with Crippen LogP contribution in [0.15, 0.2) is 85.1 Å². The van der Waals surface area contributed by atoms with Gasteiger partial charge in [-0.1, -0.05) is 55.4 Å². The van der Waals surface area contributed by atoms with Gasteiger partial charge in [0.15, 0.2) is 0 Å². The van der Waals surface area contributed by atoms with Crippen molar-refractivity contribution in [1.29, 1.82) is 0 Å². The molecular formula is C31H29IrN3+. The van der Waals surface area contributed by atoms with E-state index in [2.05, 4.69) is 97.5 Å². The van der Waals surface area contributed by atoms with Crippen molar-refractivity contribution in [2.75, 3.05) is 0 Å². The molecule has 0 spiro atoms. The zero-order chi connectivity index (χ0) is 23.9. The smallest absolute Gasteiger partial charge is 0.341 e.